The van der Waals surface area contributed by atoms with Crippen LogP contribution in [0.5, 0.6) is 0 Å². The molecule has 0 aliphatic carbocycles. The number of anilines is 1. The fourth-order valence-electron chi connectivity index (χ4n) is 4.70. The molecule has 0 atom stereocenters. The largest absolute Gasteiger partial charge is 0.463 e. The average molecular weight is 500 g/mol. The second-order valence-corrected chi connectivity index (χ2v) is 10.1. The number of carbonyl (C=O) groups is 2. The zero-order valence-corrected chi connectivity index (χ0v) is 20.3. The number of thiophene rings is 1. The molecule has 3 amide bonds. The lowest BCUT2D eigenvalue weighted by Crippen LogP contribution is -2.37. The fourth-order valence-corrected chi connectivity index (χ4v) is 5.65. The van der Waals surface area contributed by atoms with Crippen molar-refractivity contribution in [3.8, 4) is 0 Å². The number of piperidine rings is 1. The number of imidazole rings is 1. The summed E-state index contributed by atoms with van der Waals surface area (Å²) in [6, 6.07) is 15.4. The summed E-state index contributed by atoms with van der Waals surface area (Å²) in [5.74, 6) is 0.481. The molecule has 0 spiro atoms. The molecule has 5 heterocycles. The number of likely N-dealkylation sites (tertiary alicyclic amines) is 1. The summed E-state index contributed by atoms with van der Waals surface area (Å²) in [6.45, 7) is 1.88. The molecule has 0 unspecified atom stereocenters. The highest BCUT2D eigenvalue weighted by Gasteiger charge is 2.26. The SMILES string of the molecule is O=C(NCc1ccn2ccnc2c1)Nc1ccc(C2CCN(C(=O)c3cc4occc4s3)CC2)cc1. The first kappa shape index (κ1) is 22.4. The van der Waals surface area contributed by atoms with Crippen molar-refractivity contribution in [1.82, 2.24) is 19.6 Å². The number of nitrogens with zero attached hydrogens (tertiary/aromatic N) is 3. The minimum absolute atomic E-state index is 0.0834. The molecule has 0 saturated carbocycles. The number of hydrogen-bond donors (Lipinski definition) is 2. The summed E-state index contributed by atoms with van der Waals surface area (Å²) in [4.78, 5) is 32.2. The van der Waals surface area contributed by atoms with Gasteiger partial charge in [-0.2, -0.15) is 0 Å². The number of aromatic nitrogens is 2. The lowest BCUT2D eigenvalue weighted by molar-refractivity contribution is 0.0718. The molecule has 1 aliphatic rings. The highest BCUT2D eigenvalue weighted by Crippen LogP contribution is 2.32. The Kier molecular flexibility index (Phi) is 5.90. The van der Waals surface area contributed by atoms with Crippen LogP contribution in [0.1, 0.15) is 39.6 Å². The first-order valence-corrected chi connectivity index (χ1v) is 12.8. The summed E-state index contributed by atoms with van der Waals surface area (Å²) in [7, 11) is 0. The molecule has 0 bridgehead atoms. The van der Waals surface area contributed by atoms with Crippen LogP contribution < -0.4 is 10.6 Å². The maximum Gasteiger partial charge on any atom is 0.319 e. The van der Waals surface area contributed by atoms with Crippen LogP contribution in [0, 0.1) is 0 Å². The third kappa shape index (κ3) is 4.57. The van der Waals surface area contributed by atoms with Crippen molar-refractivity contribution in [3.63, 3.8) is 0 Å². The van der Waals surface area contributed by atoms with E-state index in [1.807, 2.05) is 58.1 Å². The Labute approximate surface area is 211 Å². The van der Waals surface area contributed by atoms with Crippen molar-refractivity contribution in [1.29, 1.82) is 0 Å². The van der Waals surface area contributed by atoms with Crippen molar-refractivity contribution in [2.45, 2.75) is 25.3 Å². The Morgan fingerprint density at radius 2 is 1.89 bits per heavy atom. The van der Waals surface area contributed by atoms with Crippen LogP contribution in [-0.4, -0.2) is 39.3 Å². The highest BCUT2D eigenvalue weighted by molar-refractivity contribution is 7.20. The molecular weight excluding hydrogens is 474 g/mol. The van der Waals surface area contributed by atoms with Crippen molar-refractivity contribution < 1.29 is 14.0 Å². The lowest BCUT2D eigenvalue weighted by Gasteiger charge is -2.32. The van der Waals surface area contributed by atoms with Crippen LogP contribution in [0.2, 0.25) is 0 Å². The first-order valence-electron chi connectivity index (χ1n) is 11.9. The van der Waals surface area contributed by atoms with E-state index in [0.29, 0.717) is 12.5 Å². The molecule has 1 fully saturated rings. The second kappa shape index (κ2) is 9.50. The molecule has 1 aliphatic heterocycles. The maximum absolute atomic E-state index is 12.9. The van der Waals surface area contributed by atoms with Crippen molar-refractivity contribution in [3.05, 3.63) is 89.4 Å². The molecule has 8 nitrogen and oxygen atoms in total. The fraction of sp³-hybridized carbons (Fsp3) is 0.222. The smallest absolute Gasteiger partial charge is 0.319 e. The van der Waals surface area contributed by atoms with Gasteiger partial charge in [-0.25, -0.2) is 9.78 Å². The van der Waals surface area contributed by atoms with Gasteiger partial charge in [-0.3, -0.25) is 4.79 Å². The predicted molar refractivity (Wildman–Crippen MR) is 139 cm³/mol. The van der Waals surface area contributed by atoms with E-state index in [4.69, 9.17) is 4.42 Å². The summed E-state index contributed by atoms with van der Waals surface area (Å²) in [6.07, 6.45) is 9.04. The van der Waals surface area contributed by atoms with Gasteiger partial charge in [0.15, 0.2) is 0 Å². The number of hydrogen-bond acceptors (Lipinski definition) is 5. The Morgan fingerprint density at radius 1 is 1.06 bits per heavy atom. The Hall–Kier alpha value is -4.11. The Morgan fingerprint density at radius 3 is 2.69 bits per heavy atom. The first-order chi connectivity index (χ1) is 17.6. The molecule has 1 saturated heterocycles. The minimum atomic E-state index is -0.252. The lowest BCUT2D eigenvalue weighted by atomic mass is 9.89. The van der Waals surface area contributed by atoms with Gasteiger partial charge in [0, 0.05) is 50.0 Å². The highest BCUT2D eigenvalue weighted by atomic mass is 32.1. The van der Waals surface area contributed by atoms with Crippen LogP contribution in [0.4, 0.5) is 10.5 Å². The second-order valence-electron chi connectivity index (χ2n) is 8.98. The maximum atomic E-state index is 12.9. The quantitative estimate of drug-likeness (QED) is 0.335. The van der Waals surface area contributed by atoms with Gasteiger partial charge in [-0.1, -0.05) is 12.1 Å². The van der Waals surface area contributed by atoms with Gasteiger partial charge < -0.3 is 24.4 Å². The average Bonchev–Trinajstić information content (AvgIpc) is 3.64. The number of pyridine rings is 1. The molecule has 36 heavy (non-hydrogen) atoms. The summed E-state index contributed by atoms with van der Waals surface area (Å²) < 4.78 is 8.33. The molecule has 6 rings (SSSR count). The van der Waals surface area contributed by atoms with E-state index in [2.05, 4.69) is 27.8 Å². The van der Waals surface area contributed by atoms with E-state index in [-0.39, 0.29) is 11.9 Å². The zero-order valence-electron chi connectivity index (χ0n) is 19.5. The van der Waals surface area contributed by atoms with Gasteiger partial charge >= 0.3 is 6.03 Å². The molecule has 182 valence electrons. The van der Waals surface area contributed by atoms with E-state index >= 15 is 0 Å². The number of fused-ring (bicyclic) bond motifs is 2. The summed E-state index contributed by atoms with van der Waals surface area (Å²) in [5, 5.41) is 5.78. The standard InChI is InChI=1S/C27H25N5O3S/c33-26(24-16-22-23(36-24)8-14-35-22)32-11-6-20(7-12-32)19-1-3-21(4-2-19)30-27(34)29-17-18-5-10-31-13-9-28-25(31)15-18/h1-5,8-10,13-16,20H,6-7,11-12,17H2,(H2,29,30,34). The van der Waals surface area contributed by atoms with Crippen molar-refractivity contribution in [2.24, 2.45) is 0 Å². The molecule has 5 aromatic rings. The Balaban J connectivity index is 0.995. The van der Waals surface area contributed by atoms with Gasteiger partial charge in [0.05, 0.1) is 15.8 Å². The van der Waals surface area contributed by atoms with E-state index in [0.717, 1.165) is 58.0 Å². The molecule has 2 N–H and O–H groups in total. The molecule has 4 aromatic heterocycles. The number of rotatable bonds is 5. The number of carbonyl (C=O) groups excluding carboxylic acids is 2. The van der Waals surface area contributed by atoms with E-state index in [9.17, 15) is 9.59 Å². The van der Waals surface area contributed by atoms with Gasteiger partial charge in [-0.05, 0) is 60.2 Å². The molecule has 9 heteroatoms. The van der Waals surface area contributed by atoms with Crippen LogP contribution in [0.3, 0.4) is 0 Å². The van der Waals surface area contributed by atoms with Gasteiger partial charge in [-0.15, -0.1) is 11.3 Å². The summed E-state index contributed by atoms with van der Waals surface area (Å²) >= 11 is 1.48. The zero-order chi connectivity index (χ0) is 24.5. The number of urea groups is 1. The van der Waals surface area contributed by atoms with Crippen molar-refractivity contribution >= 4 is 44.9 Å². The third-order valence-electron chi connectivity index (χ3n) is 6.69. The minimum Gasteiger partial charge on any atom is -0.463 e. The third-order valence-corrected chi connectivity index (χ3v) is 7.76. The topological polar surface area (TPSA) is 91.9 Å². The van der Waals surface area contributed by atoms with E-state index in [1.165, 1.54) is 16.9 Å². The van der Waals surface area contributed by atoms with Crippen LogP contribution in [-0.2, 0) is 6.54 Å². The van der Waals surface area contributed by atoms with Gasteiger partial charge in [0.25, 0.3) is 5.91 Å². The van der Waals surface area contributed by atoms with E-state index in [1.54, 1.807) is 12.5 Å². The molecular formula is C27H25N5O3S. The van der Waals surface area contributed by atoms with E-state index < -0.39 is 0 Å². The van der Waals surface area contributed by atoms with Crippen LogP contribution >= 0.6 is 11.3 Å². The van der Waals surface area contributed by atoms with Gasteiger partial charge in [0.2, 0.25) is 0 Å². The summed E-state index contributed by atoms with van der Waals surface area (Å²) in [5.41, 5.74) is 4.58. The Bertz CT molecular complexity index is 1500. The number of benzene rings is 1. The van der Waals surface area contributed by atoms with Crippen molar-refractivity contribution in [2.75, 3.05) is 18.4 Å². The number of amides is 3. The predicted octanol–water partition coefficient (Wildman–Crippen LogP) is 5.48. The normalized spacial score (nSPS) is 14.4. The molecule has 0 radical (unpaired) electrons. The van der Waals surface area contributed by atoms with Crippen LogP contribution in [0.25, 0.3) is 15.9 Å². The monoisotopic (exact) mass is 499 g/mol. The number of nitrogens with one attached hydrogen (secondary N) is 2. The number of furan rings is 1. The van der Waals surface area contributed by atoms with Crippen LogP contribution in [0.15, 0.2) is 77.8 Å². The molecule has 1 aromatic carbocycles. The van der Waals surface area contributed by atoms with Gasteiger partial charge in [0.1, 0.15) is 11.2 Å².